The van der Waals surface area contributed by atoms with Crippen molar-refractivity contribution in [3.05, 3.63) is 34.9 Å². The van der Waals surface area contributed by atoms with Gasteiger partial charge in [0.1, 0.15) is 6.04 Å². The van der Waals surface area contributed by atoms with Crippen LogP contribution in [0.25, 0.3) is 0 Å². The third-order valence-electron chi connectivity index (χ3n) is 6.51. The minimum atomic E-state index is -0.552. The van der Waals surface area contributed by atoms with Gasteiger partial charge in [0.05, 0.1) is 0 Å². The fraction of sp³-hybridized carbons (Fsp3) is 0.550. The predicted molar refractivity (Wildman–Crippen MR) is 97.4 cm³/mol. The summed E-state index contributed by atoms with van der Waals surface area (Å²) in [7, 11) is 0. The highest BCUT2D eigenvalue weighted by molar-refractivity contribution is 6.05. The zero-order valence-corrected chi connectivity index (χ0v) is 15.2. The topological polar surface area (TPSA) is 95.7 Å². The van der Waals surface area contributed by atoms with E-state index in [1.165, 1.54) is 0 Å². The molecule has 3 amide bonds. The highest BCUT2D eigenvalue weighted by Crippen LogP contribution is 2.47. The van der Waals surface area contributed by atoms with E-state index in [0.717, 1.165) is 43.6 Å². The molecule has 1 aromatic rings. The molecule has 1 spiro atoms. The maximum atomic E-state index is 12.9. The molecule has 1 atom stereocenters. The van der Waals surface area contributed by atoms with Crippen LogP contribution in [0.15, 0.2) is 18.2 Å². The first kappa shape index (κ1) is 16.9. The van der Waals surface area contributed by atoms with E-state index < -0.39 is 6.04 Å². The monoisotopic (exact) mass is 368 g/mol. The van der Waals surface area contributed by atoms with Crippen LogP contribution in [-0.2, 0) is 22.7 Å². The van der Waals surface area contributed by atoms with Crippen molar-refractivity contribution in [2.45, 2.75) is 50.9 Å². The lowest BCUT2D eigenvalue weighted by atomic mass is 9.61. The molecule has 27 heavy (non-hydrogen) atoms. The van der Waals surface area contributed by atoms with Crippen LogP contribution in [0.4, 0.5) is 0 Å². The molecule has 7 heteroatoms. The van der Waals surface area contributed by atoms with Gasteiger partial charge in [0.15, 0.2) is 0 Å². The van der Waals surface area contributed by atoms with Crippen molar-refractivity contribution < 1.29 is 14.4 Å². The van der Waals surface area contributed by atoms with Crippen molar-refractivity contribution >= 4 is 17.7 Å². The predicted octanol–water partition coefficient (Wildman–Crippen LogP) is 0.371. The van der Waals surface area contributed by atoms with E-state index in [4.69, 9.17) is 5.73 Å². The van der Waals surface area contributed by atoms with Crippen LogP contribution in [0.2, 0.25) is 0 Å². The molecule has 1 aromatic carbocycles. The van der Waals surface area contributed by atoms with E-state index in [1.54, 1.807) is 4.90 Å². The number of amides is 3. The van der Waals surface area contributed by atoms with E-state index >= 15 is 0 Å². The molecule has 2 saturated heterocycles. The molecular formula is C20H24N4O3. The van der Waals surface area contributed by atoms with Gasteiger partial charge in [0.2, 0.25) is 11.8 Å². The number of piperidine rings is 1. The van der Waals surface area contributed by atoms with Gasteiger partial charge in [-0.25, -0.2) is 0 Å². The number of nitrogens with one attached hydrogen (secondary N) is 1. The van der Waals surface area contributed by atoms with Crippen LogP contribution in [0.1, 0.15) is 47.2 Å². The van der Waals surface area contributed by atoms with Gasteiger partial charge in [-0.2, -0.15) is 0 Å². The number of nitrogens with two attached hydrogens (primary N) is 1. The third-order valence-corrected chi connectivity index (χ3v) is 6.51. The number of hydrogen-bond donors (Lipinski definition) is 2. The second-order valence-corrected chi connectivity index (χ2v) is 8.70. The molecule has 142 valence electrons. The molecule has 1 unspecified atom stereocenters. The summed E-state index contributed by atoms with van der Waals surface area (Å²) in [5.74, 6) is -0.731. The zero-order valence-electron chi connectivity index (χ0n) is 15.2. The van der Waals surface area contributed by atoms with Crippen LogP contribution in [0, 0.1) is 5.41 Å². The standard InChI is InChI=1S/C20H24N4O3/c21-14-6-20(7-14)10-23(11-20)8-12-1-2-13-9-24(19(27)15(13)5-12)16-3-4-17(25)22-18(16)26/h1-2,5,14,16H,3-4,6-11,21H2,(H,22,25,26). The molecule has 1 aliphatic carbocycles. The van der Waals surface area contributed by atoms with Crippen LogP contribution < -0.4 is 11.1 Å². The molecule has 3 heterocycles. The van der Waals surface area contributed by atoms with Gasteiger partial charge in [-0.3, -0.25) is 24.6 Å². The second kappa shape index (κ2) is 5.87. The molecule has 1 saturated carbocycles. The van der Waals surface area contributed by atoms with Gasteiger partial charge in [0.25, 0.3) is 5.91 Å². The maximum absolute atomic E-state index is 12.9. The first-order valence-electron chi connectivity index (χ1n) is 9.67. The Morgan fingerprint density at radius 1 is 1.19 bits per heavy atom. The maximum Gasteiger partial charge on any atom is 0.255 e. The zero-order chi connectivity index (χ0) is 18.8. The first-order chi connectivity index (χ1) is 12.9. The van der Waals surface area contributed by atoms with Gasteiger partial charge in [-0.15, -0.1) is 0 Å². The van der Waals surface area contributed by atoms with Crippen molar-refractivity contribution in [3.63, 3.8) is 0 Å². The number of imide groups is 1. The van der Waals surface area contributed by atoms with E-state index in [2.05, 4.69) is 16.3 Å². The number of likely N-dealkylation sites (tertiary alicyclic amines) is 1. The van der Waals surface area contributed by atoms with Crippen LogP contribution >= 0.6 is 0 Å². The Hall–Kier alpha value is -2.25. The highest BCUT2D eigenvalue weighted by Gasteiger charge is 2.50. The fourth-order valence-corrected chi connectivity index (χ4v) is 5.28. The molecule has 0 aromatic heterocycles. The summed E-state index contributed by atoms with van der Waals surface area (Å²) in [6.07, 6.45) is 2.94. The molecule has 0 radical (unpaired) electrons. The van der Waals surface area contributed by atoms with Crippen molar-refractivity contribution in [1.29, 1.82) is 0 Å². The first-order valence-corrected chi connectivity index (χ1v) is 9.67. The number of hydrogen-bond acceptors (Lipinski definition) is 5. The number of carbonyl (C=O) groups excluding carboxylic acids is 3. The van der Waals surface area contributed by atoms with Crippen LogP contribution in [-0.4, -0.2) is 52.7 Å². The van der Waals surface area contributed by atoms with Crippen molar-refractivity contribution in [3.8, 4) is 0 Å². The van der Waals surface area contributed by atoms with Gasteiger partial charge in [-0.05, 0) is 41.9 Å². The SMILES string of the molecule is NC1CC2(C1)CN(Cc1ccc3c(c1)C(=O)N(C1CCC(=O)NC1=O)C3)C2. The third kappa shape index (κ3) is 2.76. The lowest BCUT2D eigenvalue weighted by Crippen LogP contribution is -2.64. The average molecular weight is 368 g/mol. The molecular weight excluding hydrogens is 344 g/mol. The normalized spacial score (nSPS) is 27.4. The van der Waals surface area contributed by atoms with E-state index in [9.17, 15) is 14.4 Å². The number of benzene rings is 1. The van der Waals surface area contributed by atoms with Crippen molar-refractivity contribution in [1.82, 2.24) is 15.1 Å². The number of rotatable bonds is 3. The summed E-state index contributed by atoms with van der Waals surface area (Å²) in [4.78, 5) is 40.4. The number of nitrogens with zero attached hydrogens (tertiary/aromatic N) is 2. The largest absolute Gasteiger partial charge is 0.328 e. The van der Waals surface area contributed by atoms with Crippen LogP contribution in [0.3, 0.4) is 0 Å². The summed E-state index contributed by atoms with van der Waals surface area (Å²) in [5.41, 5.74) is 9.16. The molecule has 3 fully saturated rings. The number of fused-ring (bicyclic) bond motifs is 1. The Labute approximate surface area is 157 Å². The average Bonchev–Trinajstić information content (AvgIpc) is 2.88. The Morgan fingerprint density at radius 3 is 2.67 bits per heavy atom. The summed E-state index contributed by atoms with van der Waals surface area (Å²) >= 11 is 0. The summed E-state index contributed by atoms with van der Waals surface area (Å²) in [6.45, 7) is 3.46. The minimum Gasteiger partial charge on any atom is -0.328 e. The highest BCUT2D eigenvalue weighted by atomic mass is 16.2. The Bertz CT molecular complexity index is 838. The second-order valence-electron chi connectivity index (χ2n) is 8.70. The molecule has 0 bridgehead atoms. The summed E-state index contributed by atoms with van der Waals surface area (Å²) in [6, 6.07) is 5.88. The van der Waals surface area contributed by atoms with E-state index in [0.29, 0.717) is 30.0 Å². The quantitative estimate of drug-likeness (QED) is 0.752. The van der Waals surface area contributed by atoms with Crippen molar-refractivity contribution in [2.24, 2.45) is 11.1 Å². The van der Waals surface area contributed by atoms with Gasteiger partial charge in [0, 0.05) is 44.2 Å². The summed E-state index contributed by atoms with van der Waals surface area (Å²) < 4.78 is 0. The van der Waals surface area contributed by atoms with Crippen LogP contribution in [0.5, 0.6) is 0 Å². The van der Waals surface area contributed by atoms with Crippen molar-refractivity contribution in [2.75, 3.05) is 13.1 Å². The van der Waals surface area contributed by atoms with Gasteiger partial charge < -0.3 is 10.6 Å². The Morgan fingerprint density at radius 2 is 1.96 bits per heavy atom. The lowest BCUT2D eigenvalue weighted by molar-refractivity contribution is -0.136. The number of carbonyl (C=O) groups is 3. The van der Waals surface area contributed by atoms with Gasteiger partial charge in [-0.1, -0.05) is 12.1 Å². The van der Waals surface area contributed by atoms with E-state index in [-0.39, 0.29) is 24.1 Å². The molecule has 4 aliphatic rings. The molecule has 3 N–H and O–H groups in total. The molecule has 3 aliphatic heterocycles. The van der Waals surface area contributed by atoms with Gasteiger partial charge >= 0.3 is 0 Å². The summed E-state index contributed by atoms with van der Waals surface area (Å²) in [5, 5.41) is 2.34. The minimum absolute atomic E-state index is 0.105. The van der Waals surface area contributed by atoms with E-state index in [1.807, 2.05) is 12.1 Å². The molecule has 5 rings (SSSR count). The fourth-order valence-electron chi connectivity index (χ4n) is 5.28. The molecule has 7 nitrogen and oxygen atoms in total. The smallest absolute Gasteiger partial charge is 0.255 e. The lowest BCUT2D eigenvalue weighted by Gasteiger charge is -2.58. The Kier molecular flexibility index (Phi) is 3.67. The Balaban J connectivity index is 1.26.